The zero-order valence-corrected chi connectivity index (χ0v) is 8.38. The van der Waals surface area contributed by atoms with E-state index in [0.717, 1.165) is 6.07 Å². The summed E-state index contributed by atoms with van der Waals surface area (Å²) >= 11 is 0. The van der Waals surface area contributed by atoms with Gasteiger partial charge in [-0.15, -0.1) is 13.2 Å². The fourth-order valence-corrected chi connectivity index (χ4v) is 1.03. The minimum atomic E-state index is -4.76. The van der Waals surface area contributed by atoms with Crippen molar-refractivity contribution < 1.29 is 27.4 Å². The molecular weight excluding hydrogens is 225 g/mol. The summed E-state index contributed by atoms with van der Waals surface area (Å²) in [6.45, 7) is 0.925. The lowest BCUT2D eigenvalue weighted by Gasteiger charge is -2.12. The van der Waals surface area contributed by atoms with Crippen LogP contribution in [0.1, 0.15) is 12.5 Å². The number of carbonyl (C=O) groups is 1. The van der Waals surface area contributed by atoms with E-state index in [4.69, 9.17) is 0 Å². The van der Waals surface area contributed by atoms with Crippen molar-refractivity contribution in [3.63, 3.8) is 0 Å². The largest absolute Gasteiger partial charge is 0.573 e. The van der Waals surface area contributed by atoms with Gasteiger partial charge in [0.05, 0.1) is 0 Å². The molecule has 0 amide bonds. The van der Waals surface area contributed by atoms with E-state index in [2.05, 4.69) is 9.47 Å². The van der Waals surface area contributed by atoms with Crippen LogP contribution in [0.3, 0.4) is 0 Å². The fraction of sp³-hybridized carbons (Fsp3) is 0.300. The molecular formula is C10H9F3O3. The van der Waals surface area contributed by atoms with Gasteiger partial charge in [-0.1, -0.05) is 18.2 Å². The SMILES string of the molecule is CC(=O)OCc1ccccc1OC(F)(F)F. The first-order valence-corrected chi connectivity index (χ1v) is 4.35. The van der Waals surface area contributed by atoms with Crippen molar-refractivity contribution in [1.29, 1.82) is 0 Å². The van der Waals surface area contributed by atoms with Crippen LogP contribution in [-0.4, -0.2) is 12.3 Å². The first kappa shape index (κ1) is 12.4. The highest BCUT2D eigenvalue weighted by molar-refractivity contribution is 5.66. The van der Waals surface area contributed by atoms with Crippen LogP contribution >= 0.6 is 0 Å². The molecule has 0 unspecified atom stereocenters. The van der Waals surface area contributed by atoms with Crippen LogP contribution in [0.4, 0.5) is 13.2 Å². The normalized spacial score (nSPS) is 11.0. The molecule has 0 saturated heterocycles. The van der Waals surface area contributed by atoms with E-state index in [-0.39, 0.29) is 17.9 Å². The summed E-state index contributed by atoms with van der Waals surface area (Å²) in [7, 11) is 0. The lowest BCUT2D eigenvalue weighted by Crippen LogP contribution is -2.18. The molecule has 3 nitrogen and oxygen atoms in total. The maximum absolute atomic E-state index is 12.0. The molecule has 0 atom stereocenters. The van der Waals surface area contributed by atoms with Crippen molar-refractivity contribution in [3.05, 3.63) is 29.8 Å². The molecule has 0 bridgehead atoms. The smallest absolute Gasteiger partial charge is 0.461 e. The third-order valence-corrected chi connectivity index (χ3v) is 1.63. The number of halogens is 3. The molecule has 0 radical (unpaired) electrons. The molecule has 6 heteroatoms. The highest BCUT2D eigenvalue weighted by Gasteiger charge is 2.32. The van der Waals surface area contributed by atoms with Gasteiger partial charge in [0.25, 0.3) is 0 Å². The second-order valence-electron chi connectivity index (χ2n) is 2.94. The Hall–Kier alpha value is -1.72. The number of rotatable bonds is 3. The van der Waals surface area contributed by atoms with Crippen molar-refractivity contribution in [1.82, 2.24) is 0 Å². The maximum atomic E-state index is 12.0. The standard InChI is InChI=1S/C10H9F3O3/c1-7(14)15-6-8-4-2-3-5-9(8)16-10(11,12)13/h2-5H,6H2,1H3. The highest BCUT2D eigenvalue weighted by atomic mass is 19.4. The minimum absolute atomic E-state index is 0.162. The van der Waals surface area contributed by atoms with Gasteiger partial charge < -0.3 is 9.47 Å². The van der Waals surface area contributed by atoms with Gasteiger partial charge in [-0.2, -0.15) is 0 Å². The van der Waals surface area contributed by atoms with Crippen molar-refractivity contribution >= 4 is 5.97 Å². The number of carbonyl (C=O) groups excluding carboxylic acids is 1. The van der Waals surface area contributed by atoms with Crippen molar-refractivity contribution in [2.75, 3.05) is 0 Å². The van der Waals surface area contributed by atoms with Crippen molar-refractivity contribution in [2.24, 2.45) is 0 Å². The van der Waals surface area contributed by atoms with E-state index >= 15 is 0 Å². The monoisotopic (exact) mass is 234 g/mol. The Balaban J connectivity index is 2.79. The highest BCUT2D eigenvalue weighted by Crippen LogP contribution is 2.26. The molecule has 1 aromatic rings. The molecule has 0 aliphatic heterocycles. The van der Waals surface area contributed by atoms with E-state index in [1.807, 2.05) is 0 Å². The molecule has 0 aliphatic carbocycles. The zero-order valence-electron chi connectivity index (χ0n) is 8.38. The van der Waals surface area contributed by atoms with Crippen molar-refractivity contribution in [3.8, 4) is 5.75 Å². The van der Waals surface area contributed by atoms with Crippen LogP contribution in [0.2, 0.25) is 0 Å². The summed E-state index contributed by atoms with van der Waals surface area (Å²) in [5.41, 5.74) is 0.162. The van der Waals surface area contributed by atoms with Crippen LogP contribution in [0, 0.1) is 0 Å². The third kappa shape index (κ3) is 4.20. The number of ether oxygens (including phenoxy) is 2. The van der Waals surface area contributed by atoms with Gasteiger partial charge in [-0.25, -0.2) is 0 Å². The van der Waals surface area contributed by atoms with Gasteiger partial charge in [0.2, 0.25) is 0 Å². The van der Waals surface area contributed by atoms with Gasteiger partial charge in [0, 0.05) is 12.5 Å². The summed E-state index contributed by atoms with van der Waals surface area (Å²) in [5, 5.41) is 0. The maximum Gasteiger partial charge on any atom is 0.573 e. The molecule has 1 aromatic carbocycles. The van der Waals surface area contributed by atoms with E-state index in [1.165, 1.54) is 25.1 Å². The summed E-state index contributed by atoms with van der Waals surface area (Å²) in [6.07, 6.45) is -4.76. The van der Waals surface area contributed by atoms with Gasteiger partial charge in [0.15, 0.2) is 0 Å². The van der Waals surface area contributed by atoms with Crippen LogP contribution in [0.5, 0.6) is 5.75 Å². The number of alkyl halides is 3. The van der Waals surface area contributed by atoms with Crippen molar-refractivity contribution in [2.45, 2.75) is 19.9 Å². The number of hydrogen-bond donors (Lipinski definition) is 0. The molecule has 88 valence electrons. The third-order valence-electron chi connectivity index (χ3n) is 1.63. The van der Waals surface area contributed by atoms with Crippen LogP contribution in [0.25, 0.3) is 0 Å². The Morgan fingerprint density at radius 1 is 1.31 bits per heavy atom. The van der Waals surface area contributed by atoms with E-state index in [1.54, 1.807) is 0 Å². The molecule has 0 aliphatic rings. The van der Waals surface area contributed by atoms with E-state index < -0.39 is 12.3 Å². The number of para-hydroxylation sites is 1. The van der Waals surface area contributed by atoms with Gasteiger partial charge in [-0.3, -0.25) is 4.79 Å². The Morgan fingerprint density at radius 3 is 2.50 bits per heavy atom. The summed E-state index contributed by atoms with van der Waals surface area (Å²) in [5.74, 6) is -0.932. The molecule has 0 spiro atoms. The average Bonchev–Trinajstić information content (AvgIpc) is 2.14. The average molecular weight is 234 g/mol. The van der Waals surface area contributed by atoms with Gasteiger partial charge in [0.1, 0.15) is 12.4 Å². The van der Waals surface area contributed by atoms with Crippen LogP contribution in [0.15, 0.2) is 24.3 Å². The van der Waals surface area contributed by atoms with Gasteiger partial charge >= 0.3 is 12.3 Å². The molecule has 16 heavy (non-hydrogen) atoms. The molecule has 0 heterocycles. The Morgan fingerprint density at radius 2 is 1.94 bits per heavy atom. The molecule has 1 rings (SSSR count). The summed E-state index contributed by atoms with van der Waals surface area (Å²) in [4.78, 5) is 10.5. The fourth-order valence-electron chi connectivity index (χ4n) is 1.03. The van der Waals surface area contributed by atoms with Crippen LogP contribution in [-0.2, 0) is 16.1 Å². The lowest BCUT2D eigenvalue weighted by molar-refractivity contribution is -0.275. The summed E-state index contributed by atoms with van der Waals surface area (Å²) in [6, 6.07) is 5.48. The molecule has 0 aromatic heterocycles. The summed E-state index contributed by atoms with van der Waals surface area (Å²) < 4.78 is 44.3. The Bertz CT molecular complexity index is 374. The molecule has 0 fully saturated rings. The quantitative estimate of drug-likeness (QED) is 0.754. The minimum Gasteiger partial charge on any atom is -0.461 e. The Labute approximate surface area is 89.8 Å². The topological polar surface area (TPSA) is 35.5 Å². The predicted octanol–water partition coefficient (Wildman–Crippen LogP) is 2.65. The second kappa shape index (κ2) is 4.87. The molecule has 0 saturated carbocycles. The van der Waals surface area contributed by atoms with E-state index in [9.17, 15) is 18.0 Å². The predicted molar refractivity (Wildman–Crippen MR) is 48.6 cm³/mol. The number of esters is 1. The Kier molecular flexibility index (Phi) is 3.76. The van der Waals surface area contributed by atoms with Gasteiger partial charge in [-0.05, 0) is 6.07 Å². The molecule has 0 N–H and O–H groups in total. The number of hydrogen-bond acceptors (Lipinski definition) is 3. The van der Waals surface area contributed by atoms with E-state index in [0.29, 0.717) is 0 Å². The lowest BCUT2D eigenvalue weighted by atomic mass is 10.2. The van der Waals surface area contributed by atoms with Crippen LogP contribution < -0.4 is 4.74 Å². The second-order valence-corrected chi connectivity index (χ2v) is 2.94. The zero-order chi connectivity index (χ0) is 12.2. The first-order valence-electron chi connectivity index (χ1n) is 4.35. The number of benzene rings is 1. The first-order chi connectivity index (χ1) is 7.38.